The van der Waals surface area contributed by atoms with Crippen molar-refractivity contribution in [3.05, 3.63) is 23.8 Å². The predicted molar refractivity (Wildman–Crippen MR) is 109 cm³/mol. The number of aliphatic hydroxyl groups excluding tert-OH is 2. The van der Waals surface area contributed by atoms with Crippen LogP contribution in [0, 0.1) is 17.3 Å². The van der Waals surface area contributed by atoms with Crippen molar-refractivity contribution in [1.82, 2.24) is 4.90 Å². The first-order chi connectivity index (χ1) is 13.9. The molecule has 29 heavy (non-hydrogen) atoms. The Labute approximate surface area is 172 Å². The highest BCUT2D eigenvalue weighted by Crippen LogP contribution is 2.49. The van der Waals surface area contributed by atoms with Gasteiger partial charge in [-0.3, -0.25) is 4.79 Å². The Hall–Kier alpha value is -1.79. The number of benzene rings is 1. The smallest absolute Gasteiger partial charge is 0.248 e. The fourth-order valence-electron chi connectivity index (χ4n) is 4.79. The van der Waals surface area contributed by atoms with Gasteiger partial charge in [-0.2, -0.15) is 0 Å². The van der Waals surface area contributed by atoms with Crippen LogP contribution in [-0.4, -0.2) is 60.0 Å². The molecule has 2 N–H and O–H groups in total. The molecule has 160 valence electrons. The molecule has 0 bridgehead atoms. The third kappa shape index (κ3) is 3.97. The molecular formula is C23H33NO5. The number of carbonyl (C=O) groups excluding carboxylic acids is 1. The fourth-order valence-corrected chi connectivity index (χ4v) is 4.79. The lowest BCUT2D eigenvalue weighted by Gasteiger charge is -2.34. The predicted octanol–water partition coefficient (Wildman–Crippen LogP) is 2.57. The molecule has 0 aromatic heterocycles. The second-order valence-corrected chi connectivity index (χ2v) is 9.33. The molecule has 0 spiro atoms. The Bertz CT molecular complexity index is 746. The Morgan fingerprint density at radius 3 is 2.41 bits per heavy atom. The number of hydrogen-bond acceptors (Lipinski definition) is 5. The summed E-state index contributed by atoms with van der Waals surface area (Å²) >= 11 is 0. The molecule has 2 aliphatic carbocycles. The van der Waals surface area contributed by atoms with E-state index in [1.54, 1.807) is 18.9 Å². The average Bonchev–Trinajstić information content (AvgIpc) is 3.63. The van der Waals surface area contributed by atoms with E-state index in [9.17, 15) is 15.0 Å². The van der Waals surface area contributed by atoms with Crippen molar-refractivity contribution in [2.45, 2.75) is 57.7 Å². The third-order valence-corrected chi connectivity index (χ3v) is 7.20. The molecule has 4 rings (SSSR count). The second-order valence-electron chi connectivity index (χ2n) is 9.33. The Morgan fingerprint density at radius 2 is 1.90 bits per heavy atom. The van der Waals surface area contributed by atoms with Gasteiger partial charge in [0.15, 0.2) is 11.5 Å². The standard InChI is InChI=1S/C23H33NO5/c1-14(26)23(2)13-24(21(27)12-25)11-18(23)17-8-9-19(28-3)20(10-17)29-22(15-4-5-15)16-6-7-16/h8-10,14-16,18,22,25-26H,4-7,11-13H2,1-3H3. The number of ether oxygens (including phenoxy) is 2. The molecule has 3 atom stereocenters. The van der Waals surface area contributed by atoms with Gasteiger partial charge in [0.25, 0.3) is 0 Å². The monoisotopic (exact) mass is 403 g/mol. The molecule has 2 saturated carbocycles. The lowest BCUT2D eigenvalue weighted by molar-refractivity contribution is -0.133. The first-order valence-electron chi connectivity index (χ1n) is 10.8. The van der Waals surface area contributed by atoms with Crippen molar-refractivity contribution >= 4 is 5.91 Å². The molecule has 6 nitrogen and oxygen atoms in total. The second kappa shape index (κ2) is 7.80. The number of aliphatic hydroxyl groups is 2. The van der Waals surface area contributed by atoms with Crippen molar-refractivity contribution in [2.75, 3.05) is 26.8 Å². The molecule has 0 radical (unpaired) electrons. The van der Waals surface area contributed by atoms with E-state index >= 15 is 0 Å². The summed E-state index contributed by atoms with van der Waals surface area (Å²) < 4.78 is 12.1. The van der Waals surface area contributed by atoms with Crippen molar-refractivity contribution in [3.63, 3.8) is 0 Å². The number of nitrogens with zero attached hydrogens (tertiary/aromatic N) is 1. The van der Waals surface area contributed by atoms with Crippen molar-refractivity contribution in [2.24, 2.45) is 17.3 Å². The van der Waals surface area contributed by atoms with Crippen LogP contribution in [-0.2, 0) is 4.79 Å². The van der Waals surface area contributed by atoms with E-state index in [2.05, 4.69) is 0 Å². The summed E-state index contributed by atoms with van der Waals surface area (Å²) in [4.78, 5) is 13.8. The Balaban J connectivity index is 1.63. The molecule has 1 amide bonds. The molecule has 6 heteroatoms. The third-order valence-electron chi connectivity index (χ3n) is 7.20. The van der Waals surface area contributed by atoms with Crippen molar-refractivity contribution in [3.8, 4) is 11.5 Å². The molecule has 1 aromatic rings. The van der Waals surface area contributed by atoms with Gasteiger partial charge < -0.3 is 24.6 Å². The number of hydrogen-bond donors (Lipinski definition) is 2. The van der Waals surface area contributed by atoms with Crippen LogP contribution in [0.2, 0.25) is 0 Å². The van der Waals surface area contributed by atoms with E-state index in [1.807, 2.05) is 25.1 Å². The van der Waals surface area contributed by atoms with Crippen molar-refractivity contribution in [1.29, 1.82) is 0 Å². The topological polar surface area (TPSA) is 79.2 Å². The average molecular weight is 404 g/mol. The zero-order chi connectivity index (χ0) is 20.8. The molecule has 1 heterocycles. The molecule has 1 aliphatic heterocycles. The maximum absolute atomic E-state index is 12.1. The molecule has 3 unspecified atom stereocenters. The minimum Gasteiger partial charge on any atom is -0.493 e. The normalized spacial score (nSPS) is 27.9. The van der Waals surface area contributed by atoms with Crippen LogP contribution in [0.4, 0.5) is 0 Å². The zero-order valence-electron chi connectivity index (χ0n) is 17.6. The summed E-state index contributed by atoms with van der Waals surface area (Å²) in [5.74, 6) is 2.44. The number of likely N-dealkylation sites (tertiary alicyclic amines) is 1. The molecule has 3 fully saturated rings. The van der Waals surface area contributed by atoms with Gasteiger partial charge in [0.05, 0.1) is 13.2 Å². The number of rotatable bonds is 8. The highest BCUT2D eigenvalue weighted by atomic mass is 16.5. The summed E-state index contributed by atoms with van der Waals surface area (Å²) in [5, 5.41) is 19.8. The summed E-state index contributed by atoms with van der Waals surface area (Å²) in [6, 6.07) is 5.97. The zero-order valence-corrected chi connectivity index (χ0v) is 17.6. The van der Waals surface area contributed by atoms with Crippen LogP contribution in [0.5, 0.6) is 11.5 Å². The lowest BCUT2D eigenvalue weighted by atomic mass is 9.72. The summed E-state index contributed by atoms with van der Waals surface area (Å²) in [6.45, 7) is 4.17. The van der Waals surface area contributed by atoms with Gasteiger partial charge >= 0.3 is 0 Å². The van der Waals surface area contributed by atoms with E-state index in [4.69, 9.17) is 9.47 Å². The minimum absolute atomic E-state index is 0.0495. The summed E-state index contributed by atoms with van der Waals surface area (Å²) in [5.41, 5.74) is 0.533. The maximum Gasteiger partial charge on any atom is 0.248 e. The Kier molecular flexibility index (Phi) is 5.51. The van der Waals surface area contributed by atoms with Gasteiger partial charge in [-0.15, -0.1) is 0 Å². The van der Waals surface area contributed by atoms with Gasteiger partial charge in [-0.05, 0) is 62.1 Å². The van der Waals surface area contributed by atoms with Gasteiger partial charge in [0.2, 0.25) is 5.91 Å². The van der Waals surface area contributed by atoms with Gasteiger partial charge in [0, 0.05) is 24.4 Å². The largest absolute Gasteiger partial charge is 0.493 e. The van der Waals surface area contributed by atoms with E-state index < -0.39 is 18.1 Å². The van der Waals surface area contributed by atoms with Gasteiger partial charge in [-0.1, -0.05) is 13.0 Å². The van der Waals surface area contributed by atoms with Crippen LogP contribution in [0.3, 0.4) is 0 Å². The Morgan fingerprint density at radius 1 is 1.24 bits per heavy atom. The molecule has 1 saturated heterocycles. The van der Waals surface area contributed by atoms with E-state index in [0.717, 1.165) is 17.1 Å². The van der Waals surface area contributed by atoms with Gasteiger partial charge in [0.1, 0.15) is 12.7 Å². The van der Waals surface area contributed by atoms with E-state index in [-0.39, 0.29) is 17.9 Å². The first kappa shape index (κ1) is 20.5. The SMILES string of the molecule is COc1ccc(C2CN(C(=O)CO)CC2(C)C(C)O)cc1OC(C1CC1)C1CC1. The molecular weight excluding hydrogens is 370 g/mol. The van der Waals surface area contributed by atoms with E-state index in [1.165, 1.54) is 25.7 Å². The summed E-state index contributed by atoms with van der Waals surface area (Å²) in [6.07, 6.45) is 4.63. The van der Waals surface area contributed by atoms with Crippen LogP contribution in [0.25, 0.3) is 0 Å². The van der Waals surface area contributed by atoms with Crippen LogP contribution >= 0.6 is 0 Å². The van der Waals surface area contributed by atoms with Crippen LogP contribution in [0.15, 0.2) is 18.2 Å². The number of carbonyl (C=O) groups is 1. The quantitative estimate of drug-likeness (QED) is 0.697. The summed E-state index contributed by atoms with van der Waals surface area (Å²) in [7, 11) is 1.66. The van der Waals surface area contributed by atoms with Crippen molar-refractivity contribution < 1.29 is 24.5 Å². The number of methoxy groups -OCH3 is 1. The molecule has 1 aromatic carbocycles. The number of amides is 1. The highest BCUT2D eigenvalue weighted by Gasteiger charge is 2.48. The maximum atomic E-state index is 12.1. The van der Waals surface area contributed by atoms with E-state index in [0.29, 0.717) is 24.9 Å². The first-order valence-corrected chi connectivity index (χ1v) is 10.8. The fraction of sp³-hybridized carbons (Fsp3) is 0.696. The molecule has 3 aliphatic rings. The van der Waals surface area contributed by atoms with Gasteiger partial charge in [-0.25, -0.2) is 0 Å². The highest BCUT2D eigenvalue weighted by molar-refractivity contribution is 5.77. The van der Waals surface area contributed by atoms with Crippen LogP contribution in [0.1, 0.15) is 51.0 Å². The minimum atomic E-state index is -0.596. The lowest BCUT2D eigenvalue weighted by Crippen LogP contribution is -2.38. The van der Waals surface area contributed by atoms with Crippen LogP contribution < -0.4 is 9.47 Å².